The van der Waals surface area contributed by atoms with Crippen molar-refractivity contribution in [1.29, 1.82) is 0 Å². The van der Waals surface area contributed by atoms with Gasteiger partial charge in [-0.2, -0.15) is 0 Å². The predicted molar refractivity (Wildman–Crippen MR) is 107 cm³/mol. The molecule has 0 aromatic carbocycles. The molecule has 25 heavy (non-hydrogen) atoms. The normalized spacial score (nSPS) is 29.3. The van der Waals surface area contributed by atoms with Gasteiger partial charge in [0, 0.05) is 22.2 Å². The third kappa shape index (κ3) is 6.79. The molecular weight excluding hydrogens is 308 g/mol. The summed E-state index contributed by atoms with van der Waals surface area (Å²) in [6, 6.07) is 0. The fourth-order valence-electron chi connectivity index (χ4n) is 5.43. The fourth-order valence-corrected chi connectivity index (χ4v) is 5.43. The molecule has 2 saturated heterocycles. The molecule has 0 spiro atoms. The van der Waals surface area contributed by atoms with Gasteiger partial charge in [-0.05, 0) is 105 Å². The average molecular weight is 349 g/mol. The molecule has 0 unspecified atom stereocenters. The second-order valence-corrected chi connectivity index (χ2v) is 10.9. The highest BCUT2D eigenvalue weighted by molar-refractivity contribution is 5.04. The summed E-state index contributed by atoms with van der Waals surface area (Å²) >= 11 is 0. The number of ether oxygens (including phenoxy) is 1. The topological polar surface area (TPSA) is 33.3 Å². The second kappa shape index (κ2) is 7.08. The number of allylic oxidation sites excluding steroid dienone is 2. The van der Waals surface area contributed by atoms with Crippen molar-refractivity contribution in [3.05, 3.63) is 24.7 Å². The van der Waals surface area contributed by atoms with Crippen LogP contribution in [-0.4, -0.2) is 22.2 Å². The number of hydrogen-bond donors (Lipinski definition) is 2. The lowest BCUT2D eigenvalue weighted by molar-refractivity contribution is 0.148. The smallest absolute Gasteiger partial charge is 0.0864 e. The Hall–Kier alpha value is -0.800. The lowest BCUT2D eigenvalue weighted by atomic mass is 9.76. The minimum atomic E-state index is 0.179. The molecule has 2 rings (SSSR count). The minimum Gasteiger partial charge on any atom is -0.473 e. The molecule has 144 valence electrons. The zero-order valence-electron chi connectivity index (χ0n) is 17.7. The molecule has 3 heteroatoms. The van der Waals surface area contributed by atoms with Crippen LogP contribution in [0.15, 0.2) is 24.7 Å². The van der Waals surface area contributed by atoms with E-state index in [1.54, 1.807) is 0 Å². The first-order valence-corrected chi connectivity index (χ1v) is 9.85. The molecular formula is C22H40N2O. The molecule has 0 bridgehead atoms. The number of piperidine rings is 2. The largest absolute Gasteiger partial charge is 0.473 e. The quantitative estimate of drug-likeness (QED) is 0.690. The molecule has 0 aromatic rings. The van der Waals surface area contributed by atoms with Crippen molar-refractivity contribution in [3.8, 4) is 0 Å². The molecule has 2 N–H and O–H groups in total. The molecule has 0 atom stereocenters. The van der Waals surface area contributed by atoms with Gasteiger partial charge in [-0.1, -0.05) is 0 Å². The fraction of sp³-hybridized carbons (Fsp3) is 0.818. The van der Waals surface area contributed by atoms with Crippen LogP contribution in [-0.2, 0) is 4.74 Å². The van der Waals surface area contributed by atoms with E-state index in [1.165, 1.54) is 0 Å². The van der Waals surface area contributed by atoms with Crippen molar-refractivity contribution >= 4 is 0 Å². The maximum atomic E-state index is 5.71. The SMILES string of the molecule is CC1(C)CC(C=COC=CC2CC(C)(C)NC(C)(C)C2)CC(C)(C)N1. The van der Waals surface area contributed by atoms with E-state index in [0.29, 0.717) is 11.8 Å². The van der Waals surface area contributed by atoms with Crippen molar-refractivity contribution < 1.29 is 4.74 Å². The molecule has 3 nitrogen and oxygen atoms in total. The Morgan fingerprint density at radius 3 is 1.16 bits per heavy atom. The standard InChI is InChI=1S/C22H40N2O/c1-19(2)13-17(14-20(3,4)23-19)9-11-25-12-10-18-15-21(5,6)24-22(7,8)16-18/h9-12,17-18,23-24H,13-16H2,1-8H3. The summed E-state index contributed by atoms with van der Waals surface area (Å²) in [7, 11) is 0. The second-order valence-electron chi connectivity index (χ2n) is 10.9. The number of nitrogens with one attached hydrogen (secondary N) is 2. The molecule has 0 radical (unpaired) electrons. The van der Waals surface area contributed by atoms with Crippen molar-refractivity contribution in [2.45, 2.75) is 103 Å². The van der Waals surface area contributed by atoms with E-state index < -0.39 is 0 Å². The lowest BCUT2D eigenvalue weighted by Gasteiger charge is -2.45. The maximum Gasteiger partial charge on any atom is 0.0864 e. The van der Waals surface area contributed by atoms with Gasteiger partial charge in [0.1, 0.15) is 0 Å². The lowest BCUT2D eigenvalue weighted by Crippen LogP contribution is -2.57. The Labute approximate surface area is 155 Å². The summed E-state index contributed by atoms with van der Waals surface area (Å²) in [5, 5.41) is 7.45. The molecule has 2 heterocycles. The van der Waals surface area contributed by atoms with Gasteiger partial charge >= 0.3 is 0 Å². The highest BCUT2D eigenvalue weighted by Crippen LogP contribution is 2.34. The highest BCUT2D eigenvalue weighted by Gasteiger charge is 2.37. The van der Waals surface area contributed by atoms with Gasteiger partial charge < -0.3 is 15.4 Å². The zero-order chi connectivity index (χ0) is 18.9. The minimum absolute atomic E-state index is 0.179. The predicted octanol–water partition coefficient (Wildman–Crippen LogP) is 5.14. The van der Waals surface area contributed by atoms with E-state index in [-0.39, 0.29) is 22.2 Å². The molecule has 2 aliphatic heterocycles. The molecule has 0 amide bonds. The van der Waals surface area contributed by atoms with Crippen molar-refractivity contribution in [2.75, 3.05) is 0 Å². The first-order chi connectivity index (χ1) is 11.3. The molecule has 0 aromatic heterocycles. The highest BCUT2D eigenvalue weighted by atomic mass is 16.5. The monoisotopic (exact) mass is 348 g/mol. The third-order valence-electron chi connectivity index (χ3n) is 5.30. The van der Waals surface area contributed by atoms with Crippen LogP contribution in [0.5, 0.6) is 0 Å². The Morgan fingerprint density at radius 1 is 0.600 bits per heavy atom. The van der Waals surface area contributed by atoms with Gasteiger partial charge in [0.25, 0.3) is 0 Å². The van der Waals surface area contributed by atoms with E-state index in [9.17, 15) is 0 Å². The van der Waals surface area contributed by atoms with Crippen LogP contribution in [0.2, 0.25) is 0 Å². The van der Waals surface area contributed by atoms with E-state index in [2.05, 4.69) is 78.2 Å². The van der Waals surface area contributed by atoms with Gasteiger partial charge in [-0.25, -0.2) is 0 Å². The van der Waals surface area contributed by atoms with Gasteiger partial charge in [-0.15, -0.1) is 0 Å². The van der Waals surface area contributed by atoms with E-state index in [0.717, 1.165) is 25.7 Å². The summed E-state index contributed by atoms with van der Waals surface area (Å²) in [5.41, 5.74) is 0.718. The van der Waals surface area contributed by atoms with Gasteiger partial charge in [-0.3, -0.25) is 0 Å². The number of rotatable bonds is 4. The molecule has 0 aliphatic carbocycles. The first kappa shape index (κ1) is 20.5. The van der Waals surface area contributed by atoms with Crippen LogP contribution in [0.25, 0.3) is 0 Å². The summed E-state index contributed by atoms with van der Waals surface area (Å²) < 4.78 is 5.71. The van der Waals surface area contributed by atoms with Crippen LogP contribution in [0, 0.1) is 11.8 Å². The van der Waals surface area contributed by atoms with Gasteiger partial charge in [0.05, 0.1) is 12.5 Å². The summed E-state index contributed by atoms with van der Waals surface area (Å²) in [6.45, 7) is 18.3. The van der Waals surface area contributed by atoms with Crippen molar-refractivity contribution in [3.63, 3.8) is 0 Å². The van der Waals surface area contributed by atoms with Crippen LogP contribution in [0.4, 0.5) is 0 Å². The summed E-state index contributed by atoms with van der Waals surface area (Å²) in [6.07, 6.45) is 12.8. The Kier molecular flexibility index (Phi) is 5.80. The van der Waals surface area contributed by atoms with Crippen LogP contribution >= 0.6 is 0 Å². The Bertz CT molecular complexity index is 436. The number of hydrogen-bond acceptors (Lipinski definition) is 3. The molecule has 0 saturated carbocycles. The molecule has 2 fully saturated rings. The van der Waals surface area contributed by atoms with Gasteiger partial charge in [0.2, 0.25) is 0 Å². The Morgan fingerprint density at radius 2 is 0.880 bits per heavy atom. The Balaban J connectivity index is 1.85. The van der Waals surface area contributed by atoms with E-state index >= 15 is 0 Å². The first-order valence-electron chi connectivity index (χ1n) is 9.85. The van der Waals surface area contributed by atoms with E-state index in [1.807, 2.05) is 12.5 Å². The zero-order valence-corrected chi connectivity index (χ0v) is 17.7. The third-order valence-corrected chi connectivity index (χ3v) is 5.30. The summed E-state index contributed by atoms with van der Waals surface area (Å²) in [4.78, 5) is 0. The maximum absolute atomic E-state index is 5.71. The van der Waals surface area contributed by atoms with Crippen molar-refractivity contribution in [1.82, 2.24) is 10.6 Å². The molecule has 2 aliphatic rings. The van der Waals surface area contributed by atoms with Crippen molar-refractivity contribution in [2.24, 2.45) is 11.8 Å². The summed E-state index contributed by atoms with van der Waals surface area (Å²) in [5.74, 6) is 1.13. The van der Waals surface area contributed by atoms with Crippen LogP contribution in [0.1, 0.15) is 81.1 Å². The average Bonchev–Trinajstić information content (AvgIpc) is 2.30. The van der Waals surface area contributed by atoms with Crippen LogP contribution in [0.3, 0.4) is 0 Å². The van der Waals surface area contributed by atoms with Crippen LogP contribution < -0.4 is 10.6 Å². The van der Waals surface area contributed by atoms with Gasteiger partial charge in [0.15, 0.2) is 0 Å². The van der Waals surface area contributed by atoms with E-state index in [4.69, 9.17) is 4.74 Å².